The first-order chi connectivity index (χ1) is 33.0. The van der Waals surface area contributed by atoms with Crippen LogP contribution >= 0.6 is 0 Å². The van der Waals surface area contributed by atoms with E-state index in [1.54, 1.807) is 83.1 Å². The number of nitrogens with one attached hydrogen (secondary N) is 3. The Kier molecular flexibility index (Phi) is 23.2. The number of aliphatic hydroxyl groups is 6. The van der Waals surface area contributed by atoms with Crippen LogP contribution in [-0.2, 0) is 57.0 Å². The molecule has 25 heteroatoms. The van der Waals surface area contributed by atoms with Gasteiger partial charge in [-0.15, -0.1) is 0 Å². The number of carbonyl (C=O) groups is 4. The van der Waals surface area contributed by atoms with Gasteiger partial charge in [-0.2, -0.15) is 8.42 Å². The van der Waals surface area contributed by atoms with Crippen molar-refractivity contribution in [3.05, 3.63) is 0 Å². The van der Waals surface area contributed by atoms with Crippen molar-refractivity contribution in [3.8, 4) is 0 Å². The van der Waals surface area contributed by atoms with Crippen LogP contribution in [0, 0.1) is 5.92 Å². The predicted octanol–water partition coefficient (Wildman–Crippen LogP) is 2.14. The number of carbonyl (C=O) groups excluding carboxylic acids is 4. The van der Waals surface area contributed by atoms with E-state index in [-0.39, 0.29) is 12.2 Å². The maximum Gasteiger partial charge on any atom is 0.408 e. The zero-order chi connectivity index (χ0) is 54.7. The predicted molar refractivity (Wildman–Crippen MR) is 255 cm³/mol. The molecular formula is C47H85N3O21S. The highest BCUT2D eigenvalue weighted by molar-refractivity contribution is 7.86. The molecule has 0 aromatic rings. The second-order valence-electron chi connectivity index (χ2n) is 22.6. The minimum absolute atomic E-state index is 0.297. The number of unbranched alkanes of at least 4 members (excludes halogenated alkanes) is 5. The number of rotatable bonds is 20. The molecule has 15 atom stereocenters. The SMILES string of the molecule is CCCCCCCCS(=O)(=O)OC[C@H]1OC(O[C@@H]2C(CC(=O)OC(C)(C)C)CC(NC(=O)OC(C)(C)C)C(O[C@H]3OC(CNC(=O)OC(C)(C)C)[C@@H](O)[C@H](O)C3O)[C@@H]2O)[C@H](O)[C@H](NC(=O)OC(C)(C)C)C1O. The van der Waals surface area contributed by atoms with E-state index in [4.69, 9.17) is 42.1 Å². The van der Waals surface area contributed by atoms with Crippen LogP contribution in [0.3, 0.4) is 0 Å². The molecule has 2 heterocycles. The van der Waals surface area contributed by atoms with Gasteiger partial charge in [0.15, 0.2) is 12.6 Å². The Hall–Kier alpha value is -3.21. The van der Waals surface area contributed by atoms with Crippen molar-refractivity contribution in [1.29, 1.82) is 0 Å². The van der Waals surface area contributed by atoms with E-state index in [9.17, 15) is 58.2 Å². The Labute approximate surface area is 423 Å². The van der Waals surface area contributed by atoms with Gasteiger partial charge in [-0.3, -0.25) is 8.98 Å². The molecule has 24 nitrogen and oxygen atoms in total. The van der Waals surface area contributed by atoms with E-state index in [1.165, 1.54) is 0 Å². The smallest absolute Gasteiger partial charge is 0.408 e. The third kappa shape index (κ3) is 21.2. The molecule has 0 bridgehead atoms. The average Bonchev–Trinajstić information content (AvgIpc) is 3.20. The van der Waals surface area contributed by atoms with Gasteiger partial charge in [-0.1, -0.05) is 39.0 Å². The zero-order valence-electron chi connectivity index (χ0n) is 44.2. The van der Waals surface area contributed by atoms with Crippen molar-refractivity contribution in [2.75, 3.05) is 18.9 Å². The number of amides is 3. The molecule has 0 radical (unpaired) electrons. The molecule has 0 aromatic heterocycles. The molecule has 1 saturated carbocycles. The second kappa shape index (κ2) is 26.5. The van der Waals surface area contributed by atoms with Crippen LogP contribution in [0.15, 0.2) is 0 Å². The fraction of sp³-hybridized carbons (Fsp3) is 0.915. The molecule has 7 unspecified atom stereocenters. The van der Waals surface area contributed by atoms with Crippen LogP contribution in [-0.4, -0.2) is 190 Å². The van der Waals surface area contributed by atoms with Gasteiger partial charge in [-0.05, 0) is 95.9 Å². The summed E-state index contributed by atoms with van der Waals surface area (Å²) in [5, 5.41) is 76.4. The highest BCUT2D eigenvalue weighted by atomic mass is 32.2. The van der Waals surface area contributed by atoms with Gasteiger partial charge in [0.25, 0.3) is 10.1 Å². The molecular weight excluding hydrogens is 975 g/mol. The summed E-state index contributed by atoms with van der Waals surface area (Å²) < 4.78 is 77.7. The van der Waals surface area contributed by atoms with E-state index in [0.717, 1.165) is 25.7 Å². The maximum atomic E-state index is 13.6. The Balaban J connectivity index is 2.09. The highest BCUT2D eigenvalue weighted by Crippen LogP contribution is 2.38. The van der Waals surface area contributed by atoms with E-state index in [1.807, 2.05) is 0 Å². The summed E-state index contributed by atoms with van der Waals surface area (Å²) in [7, 11) is -4.20. The lowest BCUT2D eigenvalue weighted by atomic mass is 9.77. The van der Waals surface area contributed by atoms with Crippen LogP contribution in [0.25, 0.3) is 0 Å². The van der Waals surface area contributed by atoms with Crippen molar-refractivity contribution in [1.82, 2.24) is 16.0 Å². The lowest BCUT2D eigenvalue weighted by Crippen LogP contribution is -2.68. The van der Waals surface area contributed by atoms with E-state index >= 15 is 0 Å². The molecule has 2 saturated heterocycles. The number of hydrogen-bond acceptors (Lipinski definition) is 21. The number of esters is 1. The molecule has 3 fully saturated rings. The van der Waals surface area contributed by atoms with E-state index in [0.29, 0.717) is 12.8 Å². The topological polar surface area (TPSA) is 343 Å². The first-order valence-electron chi connectivity index (χ1n) is 24.7. The number of aliphatic hydroxyl groups excluding tert-OH is 6. The molecule has 9 N–H and O–H groups in total. The summed E-state index contributed by atoms with van der Waals surface area (Å²) in [5.74, 6) is -2.31. The first-order valence-corrected chi connectivity index (χ1v) is 26.3. The van der Waals surface area contributed by atoms with Gasteiger partial charge >= 0.3 is 24.2 Å². The van der Waals surface area contributed by atoms with Gasteiger partial charge in [-0.25, -0.2) is 14.4 Å². The van der Waals surface area contributed by atoms with E-state index in [2.05, 4.69) is 22.9 Å². The van der Waals surface area contributed by atoms with Crippen LogP contribution in [0.5, 0.6) is 0 Å². The molecule has 1 aliphatic carbocycles. The number of hydrogen-bond donors (Lipinski definition) is 9. The Morgan fingerprint density at radius 1 is 0.569 bits per heavy atom. The summed E-state index contributed by atoms with van der Waals surface area (Å²) in [6, 6.07) is -3.03. The van der Waals surface area contributed by atoms with E-state index < -0.39 is 168 Å². The minimum Gasteiger partial charge on any atom is -0.460 e. The largest absolute Gasteiger partial charge is 0.460 e. The molecule has 2 aliphatic heterocycles. The van der Waals surface area contributed by atoms with Crippen molar-refractivity contribution >= 4 is 34.4 Å². The Morgan fingerprint density at radius 3 is 1.64 bits per heavy atom. The lowest BCUT2D eigenvalue weighted by Gasteiger charge is -2.49. The van der Waals surface area contributed by atoms with Crippen molar-refractivity contribution in [2.45, 2.75) is 249 Å². The molecule has 3 aliphatic rings. The molecule has 0 aromatic carbocycles. The highest BCUT2D eigenvalue weighted by Gasteiger charge is 2.55. The average molecular weight is 1060 g/mol. The Morgan fingerprint density at radius 2 is 1.07 bits per heavy atom. The van der Waals surface area contributed by atoms with Gasteiger partial charge in [0.2, 0.25) is 0 Å². The van der Waals surface area contributed by atoms with Crippen LogP contribution in [0.4, 0.5) is 14.4 Å². The van der Waals surface area contributed by atoms with Crippen molar-refractivity contribution in [3.63, 3.8) is 0 Å². The fourth-order valence-electron chi connectivity index (χ4n) is 8.16. The zero-order valence-corrected chi connectivity index (χ0v) is 45.0. The van der Waals surface area contributed by atoms with Gasteiger partial charge in [0.05, 0.1) is 37.0 Å². The lowest BCUT2D eigenvalue weighted by molar-refractivity contribution is -0.336. The van der Waals surface area contributed by atoms with Gasteiger partial charge in [0.1, 0.15) is 77.3 Å². The summed E-state index contributed by atoms with van der Waals surface area (Å²) in [5.41, 5.74) is -3.99. The molecule has 420 valence electrons. The van der Waals surface area contributed by atoms with Crippen LogP contribution in [0.2, 0.25) is 0 Å². The minimum atomic E-state index is -4.20. The fourth-order valence-corrected chi connectivity index (χ4v) is 9.17. The summed E-state index contributed by atoms with van der Waals surface area (Å²) >= 11 is 0. The van der Waals surface area contributed by atoms with Crippen LogP contribution in [0.1, 0.15) is 141 Å². The van der Waals surface area contributed by atoms with Gasteiger partial charge < -0.3 is 84.5 Å². The van der Waals surface area contributed by atoms with Gasteiger partial charge in [0, 0.05) is 12.5 Å². The first kappa shape index (κ1) is 63.1. The third-order valence-corrected chi connectivity index (χ3v) is 12.6. The summed E-state index contributed by atoms with van der Waals surface area (Å²) in [6.07, 6.45) is -21.1. The molecule has 3 rings (SSSR count). The summed E-state index contributed by atoms with van der Waals surface area (Å²) in [6.45, 7) is 20.0. The summed E-state index contributed by atoms with van der Waals surface area (Å²) in [4.78, 5) is 52.7. The number of alkyl carbamates (subject to hydrolysis) is 3. The molecule has 3 amide bonds. The van der Waals surface area contributed by atoms with Crippen molar-refractivity contribution < 1.29 is 100 Å². The maximum absolute atomic E-state index is 13.6. The molecule has 72 heavy (non-hydrogen) atoms. The van der Waals surface area contributed by atoms with Crippen LogP contribution < -0.4 is 16.0 Å². The molecule has 0 spiro atoms. The van der Waals surface area contributed by atoms with Crippen molar-refractivity contribution in [2.24, 2.45) is 5.92 Å². The second-order valence-corrected chi connectivity index (χ2v) is 24.4. The standard InChI is InChI=1S/C47H85N3O21S/c1-14-15-16-17-18-19-20-72(61,62)63-24-28-31(52)30(50-43(60)71-47(11,12)13)33(54)39(65-28)66-37-25(22-29(51)68-44(2,3)4)21-26(49-42(59)70-46(8,9)10)38(36(37)57)67-40-35(56)34(55)32(53)27(64-40)23-48-41(58)69-45(5,6)7/h25-28,30-40,52-57H,14-24H2,1-13H3,(H,48,58)(H,49,59)(H,50,60)/t25?,26?,27?,28-,30-,31?,32-,33-,34+,35?,36-,37-,38?,39?,40-/m1/s1. The Bertz CT molecular complexity index is 1850. The monoisotopic (exact) mass is 1060 g/mol. The normalized spacial score (nSPS) is 31.7. The third-order valence-electron chi connectivity index (χ3n) is 11.3. The quantitative estimate of drug-likeness (QED) is 0.0365. The number of ether oxygens (including phenoxy) is 8.